The van der Waals surface area contributed by atoms with E-state index >= 15 is 0 Å². The van der Waals surface area contributed by atoms with E-state index in [2.05, 4.69) is 11.9 Å². The minimum atomic E-state index is 0.0128. The molecule has 0 heterocycles. The topological polar surface area (TPSA) is 32.3 Å². The van der Waals surface area contributed by atoms with Crippen LogP contribution in [0.25, 0.3) is 0 Å². The van der Waals surface area contributed by atoms with Crippen LogP contribution in [-0.4, -0.2) is 23.8 Å². The third-order valence-corrected chi connectivity index (χ3v) is 2.63. The Balaban J connectivity index is 2.39. The van der Waals surface area contributed by atoms with E-state index in [1.54, 1.807) is 0 Å². The maximum Gasteiger partial charge on any atom is 0.0613 e. The molecule has 1 aliphatic rings. The third-order valence-electron chi connectivity index (χ3n) is 2.63. The Hall–Kier alpha value is -0.340. The minimum absolute atomic E-state index is 0.0128. The fraction of sp³-hybridized carbons (Fsp3) is 0.800. The quantitative estimate of drug-likeness (QED) is 0.624. The standard InChI is InChI=1S/C10H19NO/c1-9(2)7-11-10(8-12)5-3-4-6-10/h11-12H,1,3-8H2,2H3. The van der Waals surface area contributed by atoms with E-state index < -0.39 is 0 Å². The minimum Gasteiger partial charge on any atom is -0.394 e. The van der Waals surface area contributed by atoms with Crippen LogP contribution in [-0.2, 0) is 0 Å². The Labute approximate surface area is 74.7 Å². The SMILES string of the molecule is C=C(C)CNC1(CO)CCCC1. The van der Waals surface area contributed by atoms with Gasteiger partial charge in [0.2, 0.25) is 0 Å². The average molecular weight is 169 g/mol. The first-order chi connectivity index (χ1) is 5.68. The zero-order valence-corrected chi connectivity index (χ0v) is 7.90. The van der Waals surface area contributed by atoms with E-state index in [9.17, 15) is 5.11 Å². The Morgan fingerprint density at radius 2 is 2.08 bits per heavy atom. The molecule has 0 amide bonds. The molecule has 0 aromatic rings. The maximum atomic E-state index is 9.24. The smallest absolute Gasteiger partial charge is 0.0613 e. The molecule has 0 aromatic heterocycles. The fourth-order valence-corrected chi connectivity index (χ4v) is 1.78. The second-order valence-electron chi connectivity index (χ2n) is 3.96. The number of aliphatic hydroxyl groups excluding tert-OH is 1. The van der Waals surface area contributed by atoms with Gasteiger partial charge in [-0.1, -0.05) is 25.0 Å². The molecule has 2 N–H and O–H groups in total. The summed E-state index contributed by atoms with van der Waals surface area (Å²) in [6.45, 7) is 6.94. The van der Waals surface area contributed by atoms with Crippen LogP contribution in [0.1, 0.15) is 32.6 Å². The second-order valence-corrected chi connectivity index (χ2v) is 3.96. The summed E-state index contributed by atoms with van der Waals surface area (Å²) in [5.74, 6) is 0. The van der Waals surface area contributed by atoms with Crippen molar-refractivity contribution in [2.75, 3.05) is 13.2 Å². The summed E-state index contributed by atoms with van der Waals surface area (Å²) in [6.07, 6.45) is 4.70. The molecule has 0 aromatic carbocycles. The number of aliphatic hydroxyl groups is 1. The van der Waals surface area contributed by atoms with Gasteiger partial charge in [-0.3, -0.25) is 0 Å². The molecule has 2 heteroatoms. The molecule has 0 radical (unpaired) electrons. The van der Waals surface area contributed by atoms with E-state index in [4.69, 9.17) is 0 Å². The van der Waals surface area contributed by atoms with Crippen molar-refractivity contribution in [2.24, 2.45) is 0 Å². The summed E-state index contributed by atoms with van der Waals surface area (Å²) in [7, 11) is 0. The highest BCUT2D eigenvalue weighted by molar-refractivity contribution is 4.98. The Morgan fingerprint density at radius 1 is 1.50 bits per heavy atom. The normalized spacial score (nSPS) is 21.2. The highest BCUT2D eigenvalue weighted by Crippen LogP contribution is 2.28. The van der Waals surface area contributed by atoms with Crippen LogP contribution in [0.15, 0.2) is 12.2 Å². The van der Waals surface area contributed by atoms with Crippen LogP contribution in [0.2, 0.25) is 0 Å². The first-order valence-electron chi connectivity index (χ1n) is 4.69. The van der Waals surface area contributed by atoms with E-state index in [-0.39, 0.29) is 12.1 Å². The van der Waals surface area contributed by atoms with Gasteiger partial charge in [-0.05, 0) is 19.8 Å². The Bertz CT molecular complexity index is 159. The van der Waals surface area contributed by atoms with Gasteiger partial charge in [0.15, 0.2) is 0 Å². The lowest BCUT2D eigenvalue weighted by Crippen LogP contribution is -2.46. The number of hydrogen-bond donors (Lipinski definition) is 2. The molecule has 0 aliphatic heterocycles. The summed E-state index contributed by atoms with van der Waals surface area (Å²) < 4.78 is 0. The van der Waals surface area contributed by atoms with E-state index in [0.717, 1.165) is 25.0 Å². The number of rotatable bonds is 4. The molecule has 12 heavy (non-hydrogen) atoms. The van der Waals surface area contributed by atoms with E-state index in [0.29, 0.717) is 0 Å². The highest BCUT2D eigenvalue weighted by atomic mass is 16.3. The zero-order valence-electron chi connectivity index (χ0n) is 7.90. The highest BCUT2D eigenvalue weighted by Gasteiger charge is 2.31. The lowest BCUT2D eigenvalue weighted by molar-refractivity contribution is 0.168. The summed E-state index contributed by atoms with van der Waals surface area (Å²) in [5.41, 5.74) is 1.15. The van der Waals surface area contributed by atoms with Gasteiger partial charge in [-0.25, -0.2) is 0 Å². The van der Waals surface area contributed by atoms with Crippen LogP contribution < -0.4 is 5.32 Å². The van der Waals surface area contributed by atoms with Gasteiger partial charge in [0.25, 0.3) is 0 Å². The summed E-state index contributed by atoms with van der Waals surface area (Å²) in [4.78, 5) is 0. The van der Waals surface area contributed by atoms with Gasteiger partial charge in [0.1, 0.15) is 0 Å². The zero-order chi connectivity index (χ0) is 9.03. The molecule has 0 unspecified atom stereocenters. The van der Waals surface area contributed by atoms with Gasteiger partial charge in [0.05, 0.1) is 6.61 Å². The van der Waals surface area contributed by atoms with Crippen molar-refractivity contribution in [3.63, 3.8) is 0 Å². The molecular formula is C10H19NO. The maximum absolute atomic E-state index is 9.24. The van der Waals surface area contributed by atoms with E-state index in [1.165, 1.54) is 12.8 Å². The molecule has 1 aliphatic carbocycles. The lowest BCUT2D eigenvalue weighted by atomic mass is 9.99. The predicted octanol–water partition coefficient (Wildman–Crippen LogP) is 1.46. The second kappa shape index (κ2) is 4.06. The molecule has 1 saturated carbocycles. The molecule has 0 bridgehead atoms. The van der Waals surface area contributed by atoms with Crippen molar-refractivity contribution in [3.8, 4) is 0 Å². The molecule has 2 nitrogen and oxygen atoms in total. The van der Waals surface area contributed by atoms with Gasteiger partial charge in [-0.15, -0.1) is 0 Å². The Morgan fingerprint density at radius 3 is 2.50 bits per heavy atom. The number of hydrogen-bond acceptors (Lipinski definition) is 2. The van der Waals surface area contributed by atoms with Crippen LogP contribution in [0.3, 0.4) is 0 Å². The fourth-order valence-electron chi connectivity index (χ4n) is 1.78. The molecule has 1 rings (SSSR count). The van der Waals surface area contributed by atoms with Gasteiger partial charge in [0, 0.05) is 12.1 Å². The molecule has 1 fully saturated rings. The summed E-state index contributed by atoms with van der Waals surface area (Å²) in [6, 6.07) is 0. The van der Waals surface area contributed by atoms with Gasteiger partial charge in [-0.2, -0.15) is 0 Å². The van der Waals surface area contributed by atoms with Crippen molar-refractivity contribution in [1.29, 1.82) is 0 Å². The predicted molar refractivity (Wildman–Crippen MR) is 51.1 cm³/mol. The van der Waals surface area contributed by atoms with Gasteiger partial charge < -0.3 is 10.4 Å². The van der Waals surface area contributed by atoms with Crippen molar-refractivity contribution >= 4 is 0 Å². The number of nitrogens with one attached hydrogen (secondary N) is 1. The first-order valence-corrected chi connectivity index (χ1v) is 4.69. The molecule has 0 saturated heterocycles. The van der Waals surface area contributed by atoms with Crippen LogP contribution >= 0.6 is 0 Å². The van der Waals surface area contributed by atoms with Crippen molar-refractivity contribution in [2.45, 2.75) is 38.1 Å². The van der Waals surface area contributed by atoms with Gasteiger partial charge >= 0.3 is 0 Å². The molecule has 70 valence electrons. The Kier molecular flexibility index (Phi) is 3.29. The van der Waals surface area contributed by atoms with E-state index in [1.807, 2.05) is 6.92 Å². The van der Waals surface area contributed by atoms with Crippen molar-refractivity contribution in [1.82, 2.24) is 5.32 Å². The molecule has 0 spiro atoms. The van der Waals surface area contributed by atoms with Crippen LogP contribution in [0.5, 0.6) is 0 Å². The molecular weight excluding hydrogens is 150 g/mol. The monoisotopic (exact) mass is 169 g/mol. The van der Waals surface area contributed by atoms with Crippen LogP contribution in [0.4, 0.5) is 0 Å². The third kappa shape index (κ3) is 2.32. The largest absolute Gasteiger partial charge is 0.394 e. The average Bonchev–Trinajstić information content (AvgIpc) is 2.50. The van der Waals surface area contributed by atoms with Crippen LogP contribution in [0, 0.1) is 0 Å². The van der Waals surface area contributed by atoms with Crippen molar-refractivity contribution in [3.05, 3.63) is 12.2 Å². The lowest BCUT2D eigenvalue weighted by Gasteiger charge is -2.28. The summed E-state index contributed by atoms with van der Waals surface area (Å²) >= 11 is 0. The summed E-state index contributed by atoms with van der Waals surface area (Å²) in [5, 5.41) is 12.6. The first kappa shape index (κ1) is 9.75. The van der Waals surface area contributed by atoms with Crippen molar-refractivity contribution < 1.29 is 5.11 Å². The molecule has 0 atom stereocenters.